The van der Waals surface area contributed by atoms with E-state index < -0.39 is 24.1 Å². The molecule has 1 aromatic carbocycles. The molecule has 2 amide bonds. The number of rotatable bonds is 9. The van der Waals surface area contributed by atoms with E-state index in [4.69, 9.17) is 9.47 Å². The van der Waals surface area contributed by atoms with Crippen molar-refractivity contribution in [2.45, 2.75) is 64.6 Å². The number of amides is 2. The van der Waals surface area contributed by atoms with E-state index in [0.29, 0.717) is 19.5 Å². The number of hydrogen-bond donors (Lipinski definition) is 0. The molecule has 0 aliphatic carbocycles. The molecular weight excluding hydrogens is 372 g/mol. The number of carbonyl (C=O) groups is 3. The number of unbranched alkanes of at least 4 members (excludes halogenated alkanes) is 2. The van der Waals surface area contributed by atoms with Crippen molar-refractivity contribution in [1.29, 1.82) is 0 Å². The van der Waals surface area contributed by atoms with Crippen molar-refractivity contribution >= 4 is 18.0 Å². The van der Waals surface area contributed by atoms with Crippen LogP contribution >= 0.6 is 0 Å². The number of benzene rings is 1. The summed E-state index contributed by atoms with van der Waals surface area (Å²) in [6.07, 6.45) is 3.56. The lowest BCUT2D eigenvalue weighted by Crippen LogP contribution is -2.52. The van der Waals surface area contributed by atoms with E-state index in [0.717, 1.165) is 31.2 Å². The molecule has 1 aliphatic rings. The Morgan fingerprint density at radius 1 is 1.21 bits per heavy atom. The Labute approximate surface area is 172 Å². The van der Waals surface area contributed by atoms with Gasteiger partial charge in [-0.05, 0) is 31.7 Å². The SMILES string of the molecule is CCCCCN(C(=O)OCc1ccccc1)C(C)C(=O)N1CCC[C@H]1C(=O)OC. The van der Waals surface area contributed by atoms with E-state index in [-0.39, 0.29) is 12.5 Å². The van der Waals surface area contributed by atoms with Gasteiger partial charge in [-0.1, -0.05) is 50.1 Å². The zero-order valence-electron chi connectivity index (χ0n) is 17.6. The van der Waals surface area contributed by atoms with Crippen molar-refractivity contribution in [1.82, 2.24) is 9.80 Å². The van der Waals surface area contributed by atoms with Crippen LogP contribution in [-0.4, -0.2) is 60.1 Å². The molecule has 0 saturated carbocycles. The van der Waals surface area contributed by atoms with E-state index in [1.54, 1.807) is 6.92 Å². The second-order valence-corrected chi connectivity index (χ2v) is 7.33. The molecule has 1 fully saturated rings. The van der Waals surface area contributed by atoms with Gasteiger partial charge in [0.25, 0.3) is 0 Å². The third kappa shape index (κ3) is 6.21. The largest absolute Gasteiger partial charge is 0.467 e. The molecule has 1 unspecified atom stereocenters. The average molecular weight is 405 g/mol. The van der Waals surface area contributed by atoms with Crippen LogP contribution in [0.1, 0.15) is 51.5 Å². The summed E-state index contributed by atoms with van der Waals surface area (Å²) in [4.78, 5) is 40.9. The molecule has 2 rings (SSSR count). The first-order valence-corrected chi connectivity index (χ1v) is 10.3. The van der Waals surface area contributed by atoms with Crippen molar-refractivity contribution in [2.75, 3.05) is 20.2 Å². The van der Waals surface area contributed by atoms with Crippen LogP contribution in [-0.2, 0) is 25.7 Å². The average Bonchev–Trinajstić information content (AvgIpc) is 3.24. The number of esters is 1. The van der Waals surface area contributed by atoms with Crippen LogP contribution in [0, 0.1) is 0 Å². The molecule has 2 atom stereocenters. The van der Waals surface area contributed by atoms with Gasteiger partial charge in [0.1, 0.15) is 18.7 Å². The Morgan fingerprint density at radius 3 is 2.59 bits per heavy atom. The Morgan fingerprint density at radius 2 is 1.93 bits per heavy atom. The Kier molecular flexibility index (Phi) is 8.96. The van der Waals surface area contributed by atoms with Crippen molar-refractivity contribution in [2.24, 2.45) is 0 Å². The van der Waals surface area contributed by atoms with Crippen LogP contribution < -0.4 is 0 Å². The maximum Gasteiger partial charge on any atom is 0.410 e. The van der Waals surface area contributed by atoms with E-state index in [1.165, 1.54) is 16.9 Å². The highest BCUT2D eigenvalue weighted by Gasteiger charge is 2.39. The molecule has 7 heteroatoms. The van der Waals surface area contributed by atoms with Gasteiger partial charge in [-0.2, -0.15) is 0 Å². The number of methoxy groups -OCH3 is 1. The number of ether oxygens (including phenoxy) is 2. The topological polar surface area (TPSA) is 76.2 Å². The molecule has 7 nitrogen and oxygen atoms in total. The highest BCUT2D eigenvalue weighted by atomic mass is 16.6. The van der Waals surface area contributed by atoms with E-state index >= 15 is 0 Å². The van der Waals surface area contributed by atoms with Gasteiger partial charge in [0.15, 0.2) is 0 Å². The van der Waals surface area contributed by atoms with Gasteiger partial charge < -0.3 is 14.4 Å². The fourth-order valence-corrected chi connectivity index (χ4v) is 3.56. The van der Waals surface area contributed by atoms with Crippen LogP contribution in [0.5, 0.6) is 0 Å². The van der Waals surface area contributed by atoms with Crippen molar-refractivity contribution in [3.05, 3.63) is 35.9 Å². The van der Waals surface area contributed by atoms with Crippen LogP contribution in [0.25, 0.3) is 0 Å². The predicted molar refractivity (Wildman–Crippen MR) is 109 cm³/mol. The van der Waals surface area contributed by atoms with Crippen LogP contribution in [0.2, 0.25) is 0 Å². The summed E-state index contributed by atoms with van der Waals surface area (Å²) in [5.41, 5.74) is 0.888. The molecule has 0 bridgehead atoms. The standard InChI is InChI=1S/C22H32N2O5/c1-4-5-9-14-23(22(27)29-16-18-11-7-6-8-12-18)17(2)20(25)24-15-10-13-19(24)21(26)28-3/h6-8,11-12,17,19H,4-5,9-10,13-16H2,1-3H3/t17?,19-/m0/s1. The molecular formula is C22H32N2O5. The van der Waals surface area contributed by atoms with E-state index in [2.05, 4.69) is 6.92 Å². The lowest BCUT2D eigenvalue weighted by molar-refractivity contribution is -0.152. The molecule has 0 aromatic heterocycles. The van der Waals surface area contributed by atoms with Gasteiger partial charge in [-0.15, -0.1) is 0 Å². The molecule has 1 aromatic rings. The third-order valence-corrected chi connectivity index (χ3v) is 5.28. The zero-order valence-corrected chi connectivity index (χ0v) is 17.6. The quantitative estimate of drug-likeness (QED) is 0.466. The molecule has 29 heavy (non-hydrogen) atoms. The number of likely N-dealkylation sites (tertiary alicyclic amines) is 1. The summed E-state index contributed by atoms with van der Waals surface area (Å²) in [7, 11) is 1.32. The lowest BCUT2D eigenvalue weighted by Gasteiger charge is -2.32. The van der Waals surface area contributed by atoms with Gasteiger partial charge in [-0.3, -0.25) is 9.69 Å². The van der Waals surface area contributed by atoms with Gasteiger partial charge in [-0.25, -0.2) is 9.59 Å². The van der Waals surface area contributed by atoms with Gasteiger partial charge in [0.05, 0.1) is 7.11 Å². The van der Waals surface area contributed by atoms with Crippen LogP contribution in [0.4, 0.5) is 4.79 Å². The fourth-order valence-electron chi connectivity index (χ4n) is 3.56. The number of nitrogens with zero attached hydrogens (tertiary/aromatic N) is 2. The molecule has 1 aliphatic heterocycles. The predicted octanol–water partition coefficient (Wildman–Crippen LogP) is 3.37. The maximum absolute atomic E-state index is 13.1. The van der Waals surface area contributed by atoms with Gasteiger partial charge >= 0.3 is 12.1 Å². The maximum atomic E-state index is 13.1. The number of carbonyl (C=O) groups excluding carboxylic acids is 3. The van der Waals surface area contributed by atoms with Gasteiger partial charge in [0, 0.05) is 13.1 Å². The Balaban J connectivity index is 2.07. The number of hydrogen-bond acceptors (Lipinski definition) is 5. The van der Waals surface area contributed by atoms with E-state index in [9.17, 15) is 14.4 Å². The first-order chi connectivity index (χ1) is 14.0. The second-order valence-electron chi connectivity index (χ2n) is 7.33. The molecule has 160 valence electrons. The summed E-state index contributed by atoms with van der Waals surface area (Å²) >= 11 is 0. The third-order valence-electron chi connectivity index (χ3n) is 5.28. The normalized spacial score (nSPS) is 16.9. The van der Waals surface area contributed by atoms with E-state index in [1.807, 2.05) is 30.3 Å². The minimum absolute atomic E-state index is 0.152. The monoisotopic (exact) mass is 404 g/mol. The fraction of sp³-hybridized carbons (Fsp3) is 0.591. The highest BCUT2D eigenvalue weighted by molar-refractivity contribution is 5.90. The molecule has 0 spiro atoms. The summed E-state index contributed by atoms with van der Waals surface area (Å²) in [6, 6.07) is 8.15. The highest BCUT2D eigenvalue weighted by Crippen LogP contribution is 2.21. The van der Waals surface area contributed by atoms with Crippen molar-refractivity contribution in [3.63, 3.8) is 0 Å². The van der Waals surface area contributed by atoms with Crippen molar-refractivity contribution < 1.29 is 23.9 Å². The lowest BCUT2D eigenvalue weighted by atomic mass is 10.1. The summed E-state index contributed by atoms with van der Waals surface area (Å²) in [5.74, 6) is -0.654. The Hall–Kier alpha value is -2.57. The first-order valence-electron chi connectivity index (χ1n) is 10.3. The van der Waals surface area contributed by atoms with Crippen molar-refractivity contribution in [3.8, 4) is 0 Å². The minimum Gasteiger partial charge on any atom is -0.467 e. The molecule has 1 heterocycles. The second kappa shape index (κ2) is 11.4. The van der Waals surface area contributed by atoms with Crippen LogP contribution in [0.3, 0.4) is 0 Å². The molecule has 0 radical (unpaired) electrons. The first kappa shape index (κ1) is 22.7. The molecule has 0 N–H and O–H groups in total. The summed E-state index contributed by atoms with van der Waals surface area (Å²) in [5, 5.41) is 0. The molecule has 1 saturated heterocycles. The zero-order chi connectivity index (χ0) is 21.2. The van der Waals surface area contributed by atoms with Crippen LogP contribution in [0.15, 0.2) is 30.3 Å². The van der Waals surface area contributed by atoms with Gasteiger partial charge in [0.2, 0.25) is 5.91 Å². The minimum atomic E-state index is -0.708. The summed E-state index contributed by atoms with van der Waals surface area (Å²) in [6.45, 7) is 4.86. The Bertz CT molecular complexity index is 679. The smallest absolute Gasteiger partial charge is 0.410 e. The summed E-state index contributed by atoms with van der Waals surface area (Å²) < 4.78 is 10.3.